The molecule has 4 heteroatoms. The van der Waals surface area contributed by atoms with Gasteiger partial charge in [0.15, 0.2) is 0 Å². The van der Waals surface area contributed by atoms with Gasteiger partial charge in [-0.1, -0.05) is 38.0 Å². The van der Waals surface area contributed by atoms with E-state index in [1.54, 1.807) is 0 Å². The first-order valence-electron chi connectivity index (χ1n) is 7.05. The summed E-state index contributed by atoms with van der Waals surface area (Å²) in [4.78, 5) is 4.55. The van der Waals surface area contributed by atoms with Gasteiger partial charge in [0.2, 0.25) is 0 Å². The minimum atomic E-state index is 0.163. The fraction of sp³-hybridized carbons (Fsp3) is 0.375. The van der Waals surface area contributed by atoms with E-state index in [9.17, 15) is 5.26 Å². The largest absolute Gasteiger partial charge is 0.365 e. The van der Waals surface area contributed by atoms with E-state index in [0.29, 0.717) is 17.9 Å². The van der Waals surface area contributed by atoms with E-state index in [2.05, 4.69) is 23.3 Å². The van der Waals surface area contributed by atoms with Crippen molar-refractivity contribution >= 4 is 16.7 Å². The zero-order valence-electron chi connectivity index (χ0n) is 11.8. The number of hydrogen-bond donors (Lipinski definition) is 2. The quantitative estimate of drug-likeness (QED) is 0.844. The Morgan fingerprint density at radius 2 is 2.20 bits per heavy atom. The van der Waals surface area contributed by atoms with Gasteiger partial charge in [-0.3, -0.25) is 0 Å². The predicted octanol–water partition coefficient (Wildman–Crippen LogP) is 3.04. The number of para-hydroxylation sites is 1. The number of rotatable bonds is 6. The molecule has 2 aromatic rings. The number of nitrogens with zero attached hydrogens (tertiary/aromatic N) is 2. The molecule has 0 saturated heterocycles. The summed E-state index contributed by atoms with van der Waals surface area (Å²) >= 11 is 0. The minimum absolute atomic E-state index is 0.163. The number of aromatic nitrogens is 1. The Morgan fingerprint density at radius 1 is 1.40 bits per heavy atom. The number of nitrogens with one attached hydrogen (secondary N) is 1. The van der Waals surface area contributed by atoms with Crippen molar-refractivity contribution in [1.29, 1.82) is 5.26 Å². The lowest BCUT2D eigenvalue weighted by molar-refractivity contribution is 0.612. The molecule has 0 aliphatic heterocycles. The average Bonchev–Trinajstić information content (AvgIpc) is 2.50. The van der Waals surface area contributed by atoms with Crippen LogP contribution in [-0.4, -0.2) is 17.6 Å². The number of nitrogens with two attached hydrogens (primary N) is 1. The third-order valence-corrected chi connectivity index (χ3v) is 3.38. The van der Waals surface area contributed by atoms with Gasteiger partial charge in [0.25, 0.3) is 0 Å². The van der Waals surface area contributed by atoms with Gasteiger partial charge in [0.05, 0.1) is 11.1 Å². The van der Waals surface area contributed by atoms with Crippen LogP contribution in [-0.2, 0) is 0 Å². The van der Waals surface area contributed by atoms with Crippen molar-refractivity contribution in [3.63, 3.8) is 0 Å². The summed E-state index contributed by atoms with van der Waals surface area (Å²) in [7, 11) is 0. The summed E-state index contributed by atoms with van der Waals surface area (Å²) in [6.45, 7) is 2.70. The van der Waals surface area contributed by atoms with Gasteiger partial charge < -0.3 is 11.1 Å². The minimum Gasteiger partial charge on any atom is -0.365 e. The molecule has 4 nitrogen and oxygen atoms in total. The van der Waals surface area contributed by atoms with Crippen LogP contribution in [0.25, 0.3) is 10.9 Å². The van der Waals surface area contributed by atoms with Crippen LogP contribution < -0.4 is 11.1 Å². The lowest BCUT2D eigenvalue weighted by atomic mass is 10.1. The van der Waals surface area contributed by atoms with Crippen LogP contribution in [0.1, 0.15) is 31.7 Å². The molecule has 1 unspecified atom stereocenters. The summed E-state index contributed by atoms with van der Waals surface area (Å²) in [6, 6.07) is 12.0. The summed E-state index contributed by atoms with van der Waals surface area (Å²) < 4.78 is 0. The van der Waals surface area contributed by atoms with E-state index < -0.39 is 0 Å². The number of nitriles is 1. The lowest BCUT2D eigenvalue weighted by Crippen LogP contribution is -2.29. The van der Waals surface area contributed by atoms with Gasteiger partial charge in [-0.15, -0.1) is 0 Å². The SMILES string of the molecule is CCCCC(CN)Nc1nc2ccccc2cc1C#N. The molecule has 0 radical (unpaired) electrons. The molecule has 20 heavy (non-hydrogen) atoms. The van der Waals surface area contributed by atoms with E-state index in [0.717, 1.165) is 30.2 Å². The molecule has 1 heterocycles. The Hall–Kier alpha value is -2.12. The first-order valence-corrected chi connectivity index (χ1v) is 7.05. The van der Waals surface area contributed by atoms with Crippen LogP contribution in [0, 0.1) is 11.3 Å². The third-order valence-electron chi connectivity index (χ3n) is 3.38. The number of fused-ring (bicyclic) bond motifs is 1. The van der Waals surface area contributed by atoms with Crippen LogP contribution in [0.15, 0.2) is 30.3 Å². The second-order valence-electron chi connectivity index (χ2n) is 4.91. The highest BCUT2D eigenvalue weighted by Gasteiger charge is 2.11. The fourth-order valence-electron chi connectivity index (χ4n) is 2.20. The zero-order valence-corrected chi connectivity index (χ0v) is 11.8. The standard InChI is InChI=1S/C16H20N4/c1-2-3-7-14(11-18)19-16-13(10-17)9-12-6-4-5-8-15(12)20-16/h4-6,8-9,14H,2-3,7,11,18H2,1H3,(H,19,20). The molecule has 0 spiro atoms. The maximum absolute atomic E-state index is 9.28. The number of anilines is 1. The number of hydrogen-bond acceptors (Lipinski definition) is 4. The van der Waals surface area contributed by atoms with Crippen LogP contribution in [0.2, 0.25) is 0 Å². The molecule has 3 N–H and O–H groups in total. The van der Waals surface area contributed by atoms with Crippen LogP contribution in [0.3, 0.4) is 0 Å². The molecule has 1 aromatic carbocycles. The Balaban J connectivity index is 2.30. The summed E-state index contributed by atoms with van der Waals surface area (Å²) in [6.07, 6.45) is 3.24. The summed E-state index contributed by atoms with van der Waals surface area (Å²) in [5.41, 5.74) is 7.25. The maximum atomic E-state index is 9.28. The monoisotopic (exact) mass is 268 g/mol. The van der Waals surface area contributed by atoms with Gasteiger partial charge in [0, 0.05) is 18.0 Å². The molecule has 0 fully saturated rings. The van der Waals surface area contributed by atoms with Crippen molar-refractivity contribution in [2.45, 2.75) is 32.2 Å². The summed E-state index contributed by atoms with van der Waals surface area (Å²) in [5, 5.41) is 13.6. The van der Waals surface area contributed by atoms with E-state index in [-0.39, 0.29) is 6.04 Å². The first-order chi connectivity index (χ1) is 9.78. The number of benzene rings is 1. The highest BCUT2D eigenvalue weighted by Crippen LogP contribution is 2.21. The molecule has 0 amide bonds. The van der Waals surface area contributed by atoms with Crippen LogP contribution in [0.5, 0.6) is 0 Å². The van der Waals surface area contributed by atoms with Crippen molar-refractivity contribution in [2.24, 2.45) is 5.73 Å². The third kappa shape index (κ3) is 3.25. The van der Waals surface area contributed by atoms with Gasteiger partial charge >= 0.3 is 0 Å². The fourth-order valence-corrected chi connectivity index (χ4v) is 2.20. The topological polar surface area (TPSA) is 74.7 Å². The second-order valence-corrected chi connectivity index (χ2v) is 4.91. The Bertz CT molecular complexity index is 615. The second kappa shape index (κ2) is 6.88. The Kier molecular flexibility index (Phi) is 4.91. The molecule has 1 atom stereocenters. The molecule has 2 rings (SSSR count). The average molecular weight is 268 g/mol. The lowest BCUT2D eigenvalue weighted by Gasteiger charge is -2.18. The smallest absolute Gasteiger partial charge is 0.144 e. The normalized spacial score (nSPS) is 12.1. The van der Waals surface area contributed by atoms with E-state index in [4.69, 9.17) is 5.73 Å². The number of pyridine rings is 1. The van der Waals surface area contributed by atoms with E-state index in [1.807, 2.05) is 30.3 Å². The maximum Gasteiger partial charge on any atom is 0.144 e. The van der Waals surface area contributed by atoms with E-state index >= 15 is 0 Å². The highest BCUT2D eigenvalue weighted by molar-refractivity contribution is 5.82. The Labute approximate surface area is 119 Å². The van der Waals surface area contributed by atoms with Gasteiger partial charge in [-0.05, 0) is 18.6 Å². The van der Waals surface area contributed by atoms with Crippen molar-refractivity contribution in [3.05, 3.63) is 35.9 Å². The van der Waals surface area contributed by atoms with Crippen molar-refractivity contribution in [3.8, 4) is 6.07 Å². The molecular formula is C16H20N4. The zero-order chi connectivity index (χ0) is 14.4. The van der Waals surface area contributed by atoms with Crippen molar-refractivity contribution in [2.75, 3.05) is 11.9 Å². The number of unbranched alkanes of at least 4 members (excludes halogenated alkanes) is 1. The van der Waals surface area contributed by atoms with Crippen molar-refractivity contribution in [1.82, 2.24) is 4.98 Å². The molecule has 0 saturated carbocycles. The molecular weight excluding hydrogens is 248 g/mol. The van der Waals surface area contributed by atoms with Crippen molar-refractivity contribution < 1.29 is 0 Å². The van der Waals surface area contributed by atoms with Gasteiger partial charge in [0.1, 0.15) is 11.9 Å². The van der Waals surface area contributed by atoms with Gasteiger partial charge in [-0.2, -0.15) is 5.26 Å². The molecule has 0 aliphatic carbocycles. The van der Waals surface area contributed by atoms with Crippen LogP contribution >= 0.6 is 0 Å². The van der Waals surface area contributed by atoms with E-state index in [1.165, 1.54) is 0 Å². The van der Waals surface area contributed by atoms with Crippen LogP contribution in [0.4, 0.5) is 5.82 Å². The predicted molar refractivity (Wildman–Crippen MR) is 82.4 cm³/mol. The highest BCUT2D eigenvalue weighted by atomic mass is 15.0. The molecule has 0 bridgehead atoms. The molecule has 1 aromatic heterocycles. The van der Waals surface area contributed by atoms with Gasteiger partial charge in [-0.25, -0.2) is 4.98 Å². The molecule has 104 valence electrons. The first kappa shape index (κ1) is 14.3. The summed E-state index contributed by atoms with van der Waals surface area (Å²) in [5.74, 6) is 0.637. The molecule has 0 aliphatic rings. The Morgan fingerprint density at radius 3 is 2.90 bits per heavy atom.